The van der Waals surface area contributed by atoms with E-state index in [9.17, 15) is 4.79 Å². The van der Waals surface area contributed by atoms with Crippen LogP contribution in [0.4, 0.5) is 5.69 Å². The van der Waals surface area contributed by atoms with Gasteiger partial charge in [-0.2, -0.15) is 6.42 Å². The minimum absolute atomic E-state index is 0. The molecular formula is C22H23N2O3W-. The molecule has 2 aromatic carbocycles. The molecule has 4 rings (SSSR count). The number of rotatable bonds is 5. The van der Waals surface area contributed by atoms with E-state index >= 15 is 0 Å². The van der Waals surface area contributed by atoms with Gasteiger partial charge in [0.15, 0.2) is 11.5 Å². The molecule has 0 unspecified atom stereocenters. The Kier molecular flexibility index (Phi) is 6.56. The van der Waals surface area contributed by atoms with Gasteiger partial charge in [0, 0.05) is 39.9 Å². The van der Waals surface area contributed by atoms with E-state index in [0.717, 1.165) is 19.3 Å². The molecule has 1 amide bonds. The molecule has 0 fully saturated rings. The molecule has 5 nitrogen and oxygen atoms in total. The van der Waals surface area contributed by atoms with E-state index in [2.05, 4.69) is 24.0 Å². The van der Waals surface area contributed by atoms with Gasteiger partial charge < -0.3 is 21.3 Å². The maximum absolute atomic E-state index is 13.3. The van der Waals surface area contributed by atoms with Crippen molar-refractivity contribution in [1.82, 2.24) is 4.90 Å². The first-order valence-corrected chi connectivity index (χ1v) is 9.27. The van der Waals surface area contributed by atoms with E-state index in [1.807, 2.05) is 23.2 Å². The van der Waals surface area contributed by atoms with Crippen molar-refractivity contribution >= 4 is 17.8 Å². The number of hydrogen-bond donors (Lipinski definition) is 0. The van der Waals surface area contributed by atoms with Gasteiger partial charge in [-0.3, -0.25) is 9.79 Å². The third-order valence-corrected chi connectivity index (χ3v) is 5.10. The monoisotopic (exact) mass is 547 g/mol. The summed E-state index contributed by atoms with van der Waals surface area (Å²) in [6, 6.07) is 11.8. The van der Waals surface area contributed by atoms with Gasteiger partial charge in [-0.25, -0.2) is 0 Å². The Balaban J connectivity index is 0.00000225. The van der Waals surface area contributed by atoms with E-state index in [0.29, 0.717) is 35.9 Å². The van der Waals surface area contributed by atoms with Gasteiger partial charge >= 0.3 is 0 Å². The van der Waals surface area contributed by atoms with Crippen LogP contribution in [0, 0.1) is 6.92 Å². The number of nitrogens with zero attached hydrogens (tertiary/aromatic N) is 2. The van der Waals surface area contributed by atoms with E-state index in [1.54, 1.807) is 19.2 Å². The predicted octanol–water partition coefficient (Wildman–Crippen LogP) is 3.97. The minimum atomic E-state index is -0.0404. The van der Waals surface area contributed by atoms with Crippen molar-refractivity contribution in [2.75, 3.05) is 13.7 Å². The van der Waals surface area contributed by atoms with Crippen LogP contribution in [0.5, 0.6) is 11.5 Å². The molecule has 0 spiro atoms. The normalized spacial score (nSPS) is 17.0. The number of aliphatic imine (C=N–C) groups is 1. The van der Waals surface area contributed by atoms with Gasteiger partial charge in [0.1, 0.15) is 0 Å². The number of carbonyl (C=O) groups is 1. The third-order valence-electron chi connectivity index (χ3n) is 5.10. The molecule has 0 aromatic heterocycles. The maximum atomic E-state index is 13.3. The van der Waals surface area contributed by atoms with Gasteiger partial charge in [0.2, 0.25) is 0 Å². The summed E-state index contributed by atoms with van der Waals surface area (Å²) >= 11 is 0. The Labute approximate surface area is 180 Å². The van der Waals surface area contributed by atoms with E-state index in [4.69, 9.17) is 9.47 Å². The predicted molar refractivity (Wildman–Crippen MR) is 105 cm³/mol. The van der Waals surface area contributed by atoms with E-state index < -0.39 is 0 Å². The zero-order chi connectivity index (χ0) is 18.8. The fourth-order valence-electron chi connectivity index (χ4n) is 3.61. The molecule has 2 heterocycles. The van der Waals surface area contributed by atoms with Crippen LogP contribution in [-0.4, -0.2) is 36.8 Å². The third kappa shape index (κ3) is 3.86. The summed E-state index contributed by atoms with van der Waals surface area (Å²) in [7, 11) is 1.58. The van der Waals surface area contributed by atoms with Crippen LogP contribution in [-0.2, 0) is 34.0 Å². The van der Waals surface area contributed by atoms with Crippen LogP contribution in [0.2, 0.25) is 0 Å². The Morgan fingerprint density at radius 1 is 1.21 bits per heavy atom. The van der Waals surface area contributed by atoms with Gasteiger partial charge in [-0.05, 0) is 30.0 Å². The molecule has 2 aliphatic heterocycles. The molecule has 0 radical (unpaired) electrons. The molecule has 1 atom stereocenters. The minimum Gasteiger partial charge on any atom is -0.493 e. The number of fused-ring (bicyclic) bond motifs is 3. The van der Waals surface area contributed by atoms with E-state index in [-0.39, 0.29) is 33.0 Å². The number of hydrogen-bond acceptors (Lipinski definition) is 4. The van der Waals surface area contributed by atoms with Crippen LogP contribution in [0.3, 0.4) is 0 Å². The van der Waals surface area contributed by atoms with Crippen LogP contribution < -0.4 is 9.47 Å². The Morgan fingerprint density at radius 3 is 2.75 bits per heavy atom. The van der Waals surface area contributed by atoms with Crippen LogP contribution in [0.15, 0.2) is 41.4 Å². The van der Waals surface area contributed by atoms with Crippen molar-refractivity contribution in [1.29, 1.82) is 0 Å². The molecule has 0 N–H and O–H groups in total. The van der Waals surface area contributed by atoms with Crippen molar-refractivity contribution < 1.29 is 35.3 Å². The average molecular weight is 547 g/mol. The van der Waals surface area contributed by atoms with Crippen molar-refractivity contribution in [2.24, 2.45) is 4.99 Å². The van der Waals surface area contributed by atoms with Gasteiger partial charge in [-0.15, -0.1) is 0 Å². The summed E-state index contributed by atoms with van der Waals surface area (Å²) in [5, 5.41) is 0. The topological polar surface area (TPSA) is 51.1 Å². The molecule has 0 bridgehead atoms. The summed E-state index contributed by atoms with van der Waals surface area (Å²) in [5.74, 6) is 1.14. The average Bonchev–Trinajstić information content (AvgIpc) is 2.83. The van der Waals surface area contributed by atoms with Crippen molar-refractivity contribution in [3.63, 3.8) is 0 Å². The first-order chi connectivity index (χ1) is 13.2. The number of benzene rings is 2. The number of ether oxygens (including phenoxy) is 2. The molecule has 6 heteroatoms. The Bertz CT molecular complexity index is 897. The molecule has 2 aliphatic rings. The number of unbranched alkanes of at least 4 members (excludes halogenated alkanes) is 1. The molecule has 0 saturated heterocycles. The number of amides is 1. The summed E-state index contributed by atoms with van der Waals surface area (Å²) in [5.41, 5.74) is 3.65. The van der Waals surface area contributed by atoms with Crippen LogP contribution in [0.25, 0.3) is 0 Å². The molecule has 28 heavy (non-hydrogen) atoms. The fourth-order valence-corrected chi connectivity index (χ4v) is 3.61. The van der Waals surface area contributed by atoms with Crippen LogP contribution in [0.1, 0.15) is 34.3 Å². The zero-order valence-electron chi connectivity index (χ0n) is 15.9. The molecule has 2 aromatic rings. The molecule has 146 valence electrons. The number of methoxy groups -OCH3 is 1. The van der Waals surface area contributed by atoms with Crippen LogP contribution >= 0.6 is 0 Å². The van der Waals surface area contributed by atoms with Crippen molar-refractivity contribution in [2.45, 2.75) is 31.8 Å². The fraction of sp³-hybridized carbons (Fsp3) is 0.318. The zero-order valence-corrected chi connectivity index (χ0v) is 18.8. The largest absolute Gasteiger partial charge is 0.493 e. The SMILES string of the molecule is [CH2-]CCCOc1cc2c(cc1OC)C(=O)N1Cc3ccccc3C[C@H]1C=N2.[W]. The standard InChI is InChI=1S/C22H23N2O3.W/c1-3-4-9-27-21-12-19-18(11-20(21)26-2)22(25)24-14-16-8-6-5-7-15(16)10-17(24)13-23-19;/h5-8,11-13,17H,1,3-4,9-10,14H2,2H3;/q-1;/t17-;/m0./s1. The smallest absolute Gasteiger partial charge is 0.257 e. The van der Waals surface area contributed by atoms with Crippen molar-refractivity contribution in [3.8, 4) is 11.5 Å². The number of carbonyl (C=O) groups excluding carboxylic acids is 1. The maximum Gasteiger partial charge on any atom is 0.257 e. The molecular weight excluding hydrogens is 524 g/mol. The Hall–Kier alpha value is -2.13. The second-order valence-electron chi connectivity index (χ2n) is 6.83. The first-order valence-electron chi connectivity index (χ1n) is 9.27. The Morgan fingerprint density at radius 2 is 2.00 bits per heavy atom. The molecule has 0 saturated carbocycles. The second-order valence-corrected chi connectivity index (χ2v) is 6.83. The summed E-state index contributed by atoms with van der Waals surface area (Å²) < 4.78 is 11.3. The first kappa shape index (κ1) is 20.6. The van der Waals surface area contributed by atoms with Gasteiger partial charge in [0.25, 0.3) is 5.91 Å². The summed E-state index contributed by atoms with van der Waals surface area (Å²) in [6.07, 6.45) is 4.33. The second kappa shape index (κ2) is 8.91. The van der Waals surface area contributed by atoms with Gasteiger partial charge in [-0.1, -0.05) is 24.3 Å². The van der Waals surface area contributed by atoms with Crippen molar-refractivity contribution in [3.05, 3.63) is 60.0 Å². The van der Waals surface area contributed by atoms with Gasteiger partial charge in [0.05, 0.1) is 31.0 Å². The molecule has 0 aliphatic carbocycles. The summed E-state index contributed by atoms with van der Waals surface area (Å²) in [4.78, 5) is 19.8. The quantitative estimate of drug-likeness (QED) is 0.421. The van der Waals surface area contributed by atoms with E-state index in [1.165, 1.54) is 11.1 Å². The summed E-state index contributed by atoms with van der Waals surface area (Å²) in [6.45, 7) is 4.97.